The molecule has 0 saturated carbocycles. The third-order valence-corrected chi connectivity index (χ3v) is 2.63. The Hall–Kier alpha value is -1.39. The van der Waals surface area contributed by atoms with Crippen LogP contribution in [0.2, 0.25) is 0 Å². The van der Waals surface area contributed by atoms with Crippen LogP contribution in [0, 0.1) is 0 Å². The predicted molar refractivity (Wildman–Crippen MR) is 65.4 cm³/mol. The lowest BCUT2D eigenvalue weighted by atomic mass is 9.88. The lowest BCUT2D eigenvalue weighted by molar-refractivity contribution is -0.150. The molecule has 0 bridgehead atoms. The average molecular weight is 237 g/mol. The molecule has 0 spiro atoms. The van der Waals surface area contributed by atoms with Crippen LogP contribution in [0.3, 0.4) is 0 Å². The maximum Gasteiger partial charge on any atom is 0.330 e. The van der Waals surface area contributed by atoms with Crippen LogP contribution in [0.1, 0.15) is 18.9 Å². The molecule has 2 N–H and O–H groups in total. The summed E-state index contributed by atoms with van der Waals surface area (Å²) in [7, 11) is 1.58. The molecule has 17 heavy (non-hydrogen) atoms. The van der Waals surface area contributed by atoms with Gasteiger partial charge in [-0.1, -0.05) is 30.3 Å². The van der Waals surface area contributed by atoms with E-state index in [0.29, 0.717) is 19.6 Å². The smallest absolute Gasteiger partial charge is 0.330 e. The van der Waals surface area contributed by atoms with Gasteiger partial charge in [-0.3, -0.25) is 0 Å². The molecule has 0 aromatic heterocycles. The van der Waals surface area contributed by atoms with Crippen molar-refractivity contribution in [2.45, 2.75) is 18.9 Å². The Morgan fingerprint density at radius 1 is 1.35 bits per heavy atom. The molecule has 4 heteroatoms. The van der Waals surface area contributed by atoms with Crippen LogP contribution in [-0.4, -0.2) is 26.3 Å². The molecule has 4 nitrogen and oxygen atoms in total. The highest BCUT2D eigenvalue weighted by atomic mass is 16.5. The lowest BCUT2D eigenvalue weighted by Crippen LogP contribution is -2.47. The lowest BCUT2D eigenvalue weighted by Gasteiger charge is -2.27. The van der Waals surface area contributed by atoms with Crippen LogP contribution in [0.25, 0.3) is 0 Å². The van der Waals surface area contributed by atoms with Gasteiger partial charge in [0.25, 0.3) is 0 Å². The van der Waals surface area contributed by atoms with Crippen LogP contribution in [0.4, 0.5) is 0 Å². The molecule has 0 fully saturated rings. The fraction of sp³-hybridized carbons (Fsp3) is 0.462. The number of ether oxygens (including phenoxy) is 2. The first-order valence-electron chi connectivity index (χ1n) is 5.65. The quantitative estimate of drug-likeness (QED) is 0.760. The second-order valence-corrected chi connectivity index (χ2v) is 3.80. The van der Waals surface area contributed by atoms with E-state index in [9.17, 15) is 4.79 Å². The summed E-state index contributed by atoms with van der Waals surface area (Å²) in [6, 6.07) is 9.23. The molecule has 1 aromatic rings. The van der Waals surface area contributed by atoms with E-state index in [1.54, 1.807) is 14.0 Å². The van der Waals surface area contributed by atoms with Crippen molar-refractivity contribution in [3.63, 3.8) is 0 Å². The zero-order valence-corrected chi connectivity index (χ0v) is 10.3. The summed E-state index contributed by atoms with van der Waals surface area (Å²) in [5.74, 6) is -0.414. The molecule has 0 heterocycles. The SMILES string of the molecule is CCOC(=O)C(N)(CCOC)c1ccccc1. The number of methoxy groups -OCH3 is 1. The molecule has 1 atom stereocenters. The summed E-state index contributed by atoms with van der Waals surface area (Å²) in [6.07, 6.45) is 0.395. The molecule has 0 aliphatic carbocycles. The van der Waals surface area contributed by atoms with Gasteiger partial charge >= 0.3 is 5.97 Å². The number of esters is 1. The van der Waals surface area contributed by atoms with Crippen molar-refractivity contribution in [3.8, 4) is 0 Å². The summed E-state index contributed by atoms with van der Waals surface area (Å²) >= 11 is 0. The van der Waals surface area contributed by atoms with Gasteiger partial charge in [0.15, 0.2) is 0 Å². The van der Waals surface area contributed by atoms with Gasteiger partial charge in [-0.05, 0) is 12.5 Å². The van der Waals surface area contributed by atoms with E-state index in [0.717, 1.165) is 5.56 Å². The average Bonchev–Trinajstić information content (AvgIpc) is 2.37. The first kappa shape index (κ1) is 13.7. The summed E-state index contributed by atoms with van der Waals surface area (Å²) < 4.78 is 10.0. The fourth-order valence-corrected chi connectivity index (χ4v) is 1.62. The van der Waals surface area contributed by atoms with Gasteiger partial charge in [0.2, 0.25) is 0 Å². The van der Waals surface area contributed by atoms with Gasteiger partial charge in [-0.15, -0.1) is 0 Å². The molecular formula is C13H19NO3. The van der Waals surface area contributed by atoms with Crippen molar-refractivity contribution in [1.82, 2.24) is 0 Å². The molecule has 1 rings (SSSR count). The zero-order chi connectivity index (χ0) is 12.7. The minimum absolute atomic E-state index is 0.317. The second-order valence-electron chi connectivity index (χ2n) is 3.80. The number of hydrogen-bond acceptors (Lipinski definition) is 4. The van der Waals surface area contributed by atoms with Crippen molar-refractivity contribution in [1.29, 1.82) is 0 Å². The largest absolute Gasteiger partial charge is 0.464 e. The third-order valence-electron chi connectivity index (χ3n) is 2.63. The fourth-order valence-electron chi connectivity index (χ4n) is 1.62. The van der Waals surface area contributed by atoms with Gasteiger partial charge in [0.1, 0.15) is 5.54 Å². The number of carbonyl (C=O) groups is 1. The van der Waals surface area contributed by atoms with Gasteiger partial charge in [-0.25, -0.2) is 4.79 Å². The van der Waals surface area contributed by atoms with E-state index in [1.807, 2.05) is 30.3 Å². The Balaban J connectivity index is 2.97. The summed E-state index contributed by atoms with van der Waals surface area (Å²) in [5, 5.41) is 0. The molecule has 0 aliphatic heterocycles. The van der Waals surface area contributed by atoms with Crippen LogP contribution < -0.4 is 5.73 Å². The van der Waals surface area contributed by atoms with E-state index >= 15 is 0 Å². The van der Waals surface area contributed by atoms with Crippen molar-refractivity contribution >= 4 is 5.97 Å². The molecule has 94 valence electrons. The van der Waals surface area contributed by atoms with Gasteiger partial charge in [0.05, 0.1) is 6.61 Å². The molecule has 0 radical (unpaired) electrons. The number of carbonyl (C=O) groups excluding carboxylic acids is 1. The first-order chi connectivity index (χ1) is 8.15. The number of nitrogens with two attached hydrogens (primary N) is 1. The molecule has 1 unspecified atom stereocenters. The zero-order valence-electron chi connectivity index (χ0n) is 10.3. The molecular weight excluding hydrogens is 218 g/mol. The van der Waals surface area contributed by atoms with Gasteiger partial charge in [0, 0.05) is 20.1 Å². The van der Waals surface area contributed by atoms with E-state index in [4.69, 9.17) is 15.2 Å². The van der Waals surface area contributed by atoms with Crippen molar-refractivity contribution < 1.29 is 14.3 Å². The predicted octanol–water partition coefficient (Wildman–Crippen LogP) is 1.44. The maximum absolute atomic E-state index is 12.0. The molecule has 0 saturated heterocycles. The summed E-state index contributed by atoms with van der Waals surface area (Å²) in [4.78, 5) is 12.0. The Morgan fingerprint density at radius 2 is 2.00 bits per heavy atom. The van der Waals surface area contributed by atoms with Crippen LogP contribution in [0.5, 0.6) is 0 Å². The van der Waals surface area contributed by atoms with Crippen molar-refractivity contribution in [3.05, 3.63) is 35.9 Å². The highest BCUT2D eigenvalue weighted by Gasteiger charge is 2.37. The van der Waals surface area contributed by atoms with Crippen LogP contribution in [-0.2, 0) is 19.8 Å². The Bertz CT molecular complexity index is 353. The Kier molecular flexibility index (Phi) is 5.12. The van der Waals surface area contributed by atoms with Crippen molar-refractivity contribution in [2.24, 2.45) is 5.73 Å². The standard InChI is InChI=1S/C13H19NO3/c1-3-17-12(15)13(14,9-10-16-2)11-7-5-4-6-8-11/h4-8H,3,9-10,14H2,1-2H3. The highest BCUT2D eigenvalue weighted by Crippen LogP contribution is 2.23. The van der Waals surface area contributed by atoms with Crippen molar-refractivity contribution in [2.75, 3.05) is 20.3 Å². The first-order valence-corrected chi connectivity index (χ1v) is 5.65. The summed E-state index contributed by atoms with van der Waals surface area (Å²) in [6.45, 7) is 2.49. The van der Waals surface area contributed by atoms with Crippen LogP contribution >= 0.6 is 0 Å². The van der Waals surface area contributed by atoms with E-state index in [1.165, 1.54) is 0 Å². The van der Waals surface area contributed by atoms with E-state index in [2.05, 4.69) is 0 Å². The second kappa shape index (κ2) is 6.37. The summed E-state index contributed by atoms with van der Waals surface area (Å²) in [5.41, 5.74) is 5.79. The monoisotopic (exact) mass is 237 g/mol. The Morgan fingerprint density at radius 3 is 2.53 bits per heavy atom. The minimum Gasteiger partial charge on any atom is -0.464 e. The topological polar surface area (TPSA) is 61.5 Å². The van der Waals surface area contributed by atoms with Gasteiger partial charge in [-0.2, -0.15) is 0 Å². The highest BCUT2D eigenvalue weighted by molar-refractivity contribution is 5.82. The number of rotatable bonds is 6. The normalized spacial score (nSPS) is 14.1. The van der Waals surface area contributed by atoms with E-state index < -0.39 is 11.5 Å². The van der Waals surface area contributed by atoms with Crippen LogP contribution in [0.15, 0.2) is 30.3 Å². The number of hydrogen-bond donors (Lipinski definition) is 1. The molecule has 0 amide bonds. The van der Waals surface area contributed by atoms with E-state index in [-0.39, 0.29) is 0 Å². The minimum atomic E-state index is -1.13. The number of benzene rings is 1. The molecule has 1 aromatic carbocycles. The third kappa shape index (κ3) is 3.28. The molecule has 0 aliphatic rings. The maximum atomic E-state index is 12.0. The Labute approximate surface area is 102 Å². The van der Waals surface area contributed by atoms with Gasteiger partial charge < -0.3 is 15.2 Å².